The Morgan fingerprint density at radius 3 is 2.86 bits per heavy atom. The van der Waals surface area contributed by atoms with Crippen LogP contribution in [-0.4, -0.2) is 22.1 Å². The number of pyridine rings is 1. The topological polar surface area (TPSA) is 91.3 Å². The highest BCUT2D eigenvalue weighted by molar-refractivity contribution is 5.90. The number of rotatable bonds is 3. The quantitative estimate of drug-likeness (QED) is 0.692. The summed E-state index contributed by atoms with van der Waals surface area (Å²) in [5, 5.41) is 11.9. The van der Waals surface area contributed by atoms with E-state index in [1.54, 1.807) is 30.5 Å². The van der Waals surface area contributed by atoms with Gasteiger partial charge in [0.05, 0.1) is 15.8 Å². The highest BCUT2D eigenvalue weighted by Crippen LogP contribution is 2.36. The van der Waals surface area contributed by atoms with Gasteiger partial charge in [0.2, 0.25) is 0 Å². The lowest BCUT2D eigenvalue weighted by Crippen LogP contribution is -2.41. The van der Waals surface area contributed by atoms with E-state index in [1.165, 1.54) is 0 Å². The summed E-state index contributed by atoms with van der Waals surface area (Å²) in [6.45, 7) is 0. The lowest BCUT2D eigenvalue weighted by atomic mass is 9.93. The molecule has 0 bridgehead atoms. The number of nitrogens with two attached hydrogens (primary N) is 1. The molecule has 0 radical (unpaired) electrons. The van der Waals surface area contributed by atoms with Crippen LogP contribution >= 0.6 is 0 Å². The highest BCUT2D eigenvalue weighted by atomic mass is 16.6. The van der Waals surface area contributed by atoms with Crippen molar-refractivity contribution in [2.24, 2.45) is 5.73 Å². The average Bonchev–Trinajstić information content (AvgIpc) is 2.49. The molecule has 2 aromatic rings. The van der Waals surface area contributed by atoms with Gasteiger partial charge in [-0.2, -0.15) is 0 Å². The predicted octanol–water partition coefficient (Wildman–Crippen LogP) is 2.79. The number of aromatic nitrogens is 1. The first-order valence-electron chi connectivity index (χ1n) is 7.11. The fraction of sp³-hybridized carbons (Fsp3) is 0.400. The van der Waals surface area contributed by atoms with E-state index in [9.17, 15) is 10.1 Å². The van der Waals surface area contributed by atoms with Crippen LogP contribution in [0.15, 0.2) is 30.5 Å². The van der Waals surface area contributed by atoms with E-state index in [0.717, 1.165) is 25.7 Å². The number of hydrogen-bond acceptors (Lipinski definition) is 5. The van der Waals surface area contributed by atoms with Crippen LogP contribution in [0.1, 0.15) is 25.7 Å². The minimum absolute atomic E-state index is 0.0293. The minimum Gasteiger partial charge on any atom is -0.482 e. The monoisotopic (exact) mass is 287 g/mol. The number of fused-ring (bicyclic) bond motifs is 1. The molecule has 1 aliphatic rings. The maximum absolute atomic E-state index is 11.4. The Labute approximate surface area is 122 Å². The number of nitrogens with zero attached hydrogens (tertiary/aromatic N) is 2. The minimum atomic E-state index is -0.409. The zero-order valence-corrected chi connectivity index (χ0v) is 11.6. The molecule has 0 spiro atoms. The Hall–Kier alpha value is -2.21. The number of ether oxygens (including phenoxy) is 1. The third kappa shape index (κ3) is 2.67. The second-order valence-corrected chi connectivity index (χ2v) is 5.34. The Morgan fingerprint density at radius 2 is 2.10 bits per heavy atom. The van der Waals surface area contributed by atoms with Crippen molar-refractivity contribution in [2.45, 2.75) is 37.8 Å². The van der Waals surface area contributed by atoms with Gasteiger partial charge in [0, 0.05) is 12.2 Å². The predicted molar refractivity (Wildman–Crippen MR) is 79.3 cm³/mol. The maximum atomic E-state index is 11.4. The van der Waals surface area contributed by atoms with Crippen molar-refractivity contribution in [2.75, 3.05) is 0 Å². The van der Waals surface area contributed by atoms with Gasteiger partial charge < -0.3 is 10.5 Å². The lowest BCUT2D eigenvalue weighted by molar-refractivity contribution is -0.384. The third-order valence-corrected chi connectivity index (χ3v) is 3.93. The number of hydrogen-bond donors (Lipinski definition) is 1. The van der Waals surface area contributed by atoms with Crippen LogP contribution in [0.2, 0.25) is 0 Å². The molecule has 3 rings (SSSR count). The fourth-order valence-corrected chi connectivity index (χ4v) is 2.84. The molecular weight excluding hydrogens is 270 g/mol. The van der Waals surface area contributed by atoms with E-state index in [4.69, 9.17) is 10.5 Å². The second-order valence-electron chi connectivity index (χ2n) is 5.34. The van der Waals surface area contributed by atoms with Crippen molar-refractivity contribution >= 4 is 16.6 Å². The smallest absolute Gasteiger partial charge is 0.320 e. The van der Waals surface area contributed by atoms with Gasteiger partial charge in [0.25, 0.3) is 0 Å². The van der Waals surface area contributed by atoms with Crippen LogP contribution in [0.25, 0.3) is 10.9 Å². The first kappa shape index (κ1) is 13.8. The summed E-state index contributed by atoms with van der Waals surface area (Å²) in [4.78, 5) is 15.2. The van der Waals surface area contributed by atoms with Gasteiger partial charge in [0.15, 0.2) is 5.75 Å². The molecule has 1 saturated carbocycles. The Kier molecular flexibility index (Phi) is 3.70. The number of nitro benzene ring substituents is 1. The maximum Gasteiger partial charge on any atom is 0.320 e. The van der Waals surface area contributed by atoms with Gasteiger partial charge in [-0.05, 0) is 43.5 Å². The average molecular weight is 287 g/mol. The zero-order chi connectivity index (χ0) is 14.8. The van der Waals surface area contributed by atoms with Gasteiger partial charge >= 0.3 is 5.69 Å². The summed E-state index contributed by atoms with van der Waals surface area (Å²) in [5.74, 6) is 0.280. The molecule has 21 heavy (non-hydrogen) atoms. The first-order valence-corrected chi connectivity index (χ1v) is 7.11. The number of nitro groups is 1. The van der Waals surface area contributed by atoms with Crippen LogP contribution in [0.4, 0.5) is 5.69 Å². The van der Waals surface area contributed by atoms with Crippen molar-refractivity contribution in [3.8, 4) is 5.75 Å². The van der Waals surface area contributed by atoms with Crippen LogP contribution in [0.3, 0.4) is 0 Å². The van der Waals surface area contributed by atoms with E-state index in [1.807, 2.05) is 0 Å². The van der Waals surface area contributed by atoms with Gasteiger partial charge in [-0.1, -0.05) is 6.42 Å². The van der Waals surface area contributed by atoms with E-state index in [0.29, 0.717) is 10.9 Å². The molecule has 6 heteroatoms. The highest BCUT2D eigenvalue weighted by Gasteiger charge is 2.27. The van der Waals surface area contributed by atoms with E-state index in [2.05, 4.69) is 4.98 Å². The summed E-state index contributed by atoms with van der Waals surface area (Å²) in [5.41, 5.74) is 6.62. The summed E-state index contributed by atoms with van der Waals surface area (Å²) in [6.07, 6.45) is 5.32. The van der Waals surface area contributed by atoms with Crippen molar-refractivity contribution in [3.63, 3.8) is 0 Å². The molecule has 2 unspecified atom stereocenters. The van der Waals surface area contributed by atoms with E-state index in [-0.39, 0.29) is 23.6 Å². The lowest BCUT2D eigenvalue weighted by Gasteiger charge is -2.28. The molecule has 0 amide bonds. The summed E-state index contributed by atoms with van der Waals surface area (Å²) >= 11 is 0. The van der Waals surface area contributed by atoms with Crippen molar-refractivity contribution in [1.29, 1.82) is 0 Å². The summed E-state index contributed by atoms with van der Waals surface area (Å²) in [7, 11) is 0. The van der Waals surface area contributed by atoms with Crippen molar-refractivity contribution in [3.05, 3.63) is 40.6 Å². The zero-order valence-electron chi connectivity index (χ0n) is 11.6. The van der Waals surface area contributed by atoms with Gasteiger partial charge in [0.1, 0.15) is 6.10 Å². The molecule has 1 heterocycles. The largest absolute Gasteiger partial charge is 0.482 e. The molecule has 1 fully saturated rings. The van der Waals surface area contributed by atoms with Crippen LogP contribution in [0, 0.1) is 10.1 Å². The molecule has 6 nitrogen and oxygen atoms in total. The van der Waals surface area contributed by atoms with Crippen LogP contribution < -0.4 is 10.5 Å². The number of benzene rings is 1. The van der Waals surface area contributed by atoms with E-state index >= 15 is 0 Å². The van der Waals surface area contributed by atoms with Gasteiger partial charge in [-0.25, -0.2) is 0 Å². The Balaban J connectivity index is 2.01. The van der Waals surface area contributed by atoms with Crippen LogP contribution in [0.5, 0.6) is 5.75 Å². The molecule has 2 atom stereocenters. The Bertz CT molecular complexity index is 674. The fourth-order valence-electron chi connectivity index (χ4n) is 2.84. The molecule has 0 saturated heterocycles. The normalized spacial score (nSPS) is 22.1. The SMILES string of the molecule is NC1CCCCC1Oc1ccc2ncccc2c1[N+](=O)[O-]. The molecule has 1 aromatic carbocycles. The van der Waals surface area contributed by atoms with Gasteiger partial charge in [-0.3, -0.25) is 15.1 Å². The first-order chi connectivity index (χ1) is 10.2. The second kappa shape index (κ2) is 5.65. The molecule has 1 aliphatic carbocycles. The summed E-state index contributed by atoms with van der Waals surface area (Å²) < 4.78 is 5.87. The molecular formula is C15H17N3O3. The molecule has 1 aromatic heterocycles. The van der Waals surface area contributed by atoms with E-state index < -0.39 is 4.92 Å². The standard InChI is InChI=1S/C15H17N3O3/c16-11-5-1-2-6-13(11)21-14-8-7-12-10(4-3-9-17-12)15(14)18(19)20/h3-4,7-9,11,13H,1-2,5-6,16H2. The summed E-state index contributed by atoms with van der Waals surface area (Å²) in [6, 6.07) is 6.67. The third-order valence-electron chi connectivity index (χ3n) is 3.93. The van der Waals surface area contributed by atoms with Crippen molar-refractivity contribution < 1.29 is 9.66 Å². The van der Waals surface area contributed by atoms with Gasteiger partial charge in [-0.15, -0.1) is 0 Å². The molecule has 2 N–H and O–H groups in total. The molecule has 110 valence electrons. The van der Waals surface area contributed by atoms with Crippen molar-refractivity contribution in [1.82, 2.24) is 4.98 Å². The molecule has 0 aliphatic heterocycles. The van der Waals surface area contributed by atoms with Crippen LogP contribution in [-0.2, 0) is 0 Å². The Morgan fingerprint density at radius 1 is 1.29 bits per heavy atom.